The monoisotopic (exact) mass is 382 g/mol. The molecule has 7 heteroatoms. The van der Waals surface area contributed by atoms with Crippen molar-refractivity contribution < 1.29 is 17.9 Å². The van der Waals surface area contributed by atoms with Crippen LogP contribution in [-0.4, -0.2) is 51.6 Å². The first-order valence-electron chi connectivity index (χ1n) is 9.15. The Hall–Kier alpha value is -1.60. The molecule has 2 rings (SSSR count). The van der Waals surface area contributed by atoms with Gasteiger partial charge < -0.3 is 15.4 Å². The summed E-state index contributed by atoms with van der Waals surface area (Å²) in [6.07, 6.45) is 2.45. The van der Waals surface area contributed by atoms with E-state index in [0.29, 0.717) is 51.4 Å². The summed E-state index contributed by atoms with van der Waals surface area (Å²) in [6.45, 7) is 6.37. The van der Waals surface area contributed by atoms with E-state index in [2.05, 4.69) is 24.5 Å². The molecular weight excluding hydrogens is 352 g/mol. The number of sulfone groups is 1. The van der Waals surface area contributed by atoms with Crippen LogP contribution in [0.2, 0.25) is 0 Å². The van der Waals surface area contributed by atoms with Crippen molar-refractivity contribution in [2.75, 3.05) is 32.5 Å². The predicted octanol–water partition coefficient (Wildman–Crippen LogP) is 1.55. The van der Waals surface area contributed by atoms with Crippen molar-refractivity contribution in [1.82, 2.24) is 10.6 Å². The molecule has 0 bridgehead atoms. The molecule has 6 nitrogen and oxygen atoms in total. The fourth-order valence-electron chi connectivity index (χ4n) is 3.09. The summed E-state index contributed by atoms with van der Waals surface area (Å²) in [7, 11) is -3.47. The molecule has 1 amide bonds. The largest absolute Gasteiger partial charge is 0.493 e. The summed E-state index contributed by atoms with van der Waals surface area (Å²) in [5.41, 5.74) is 1.07. The fraction of sp³-hybridized carbons (Fsp3) is 0.632. The van der Waals surface area contributed by atoms with Crippen molar-refractivity contribution in [3.63, 3.8) is 0 Å². The number of ether oxygens (including phenoxy) is 1. The molecule has 1 aromatic rings. The first-order valence-corrected chi connectivity index (χ1v) is 11.0. The summed E-state index contributed by atoms with van der Waals surface area (Å²) < 4.78 is 28.8. The van der Waals surface area contributed by atoms with E-state index in [1.165, 1.54) is 0 Å². The molecule has 1 aliphatic rings. The molecule has 0 saturated carbocycles. The number of rotatable bonds is 8. The number of nitrogens with one attached hydrogen (secondary N) is 2. The molecule has 1 saturated heterocycles. The van der Waals surface area contributed by atoms with E-state index in [0.717, 1.165) is 17.6 Å². The maximum absolute atomic E-state index is 12.6. The SMILES string of the molecule is CC(C)COc1ccc(CCNC(=O)C2(S(C)(=O)=O)CCNCC2)cc1. The highest BCUT2D eigenvalue weighted by atomic mass is 32.2. The number of amides is 1. The molecule has 0 atom stereocenters. The van der Waals surface area contributed by atoms with Crippen molar-refractivity contribution in [3.05, 3.63) is 29.8 Å². The topological polar surface area (TPSA) is 84.5 Å². The molecule has 0 radical (unpaired) electrons. The van der Waals surface area contributed by atoms with Gasteiger partial charge in [-0.1, -0.05) is 26.0 Å². The van der Waals surface area contributed by atoms with Crippen molar-refractivity contribution in [2.45, 2.75) is 37.9 Å². The Morgan fingerprint density at radius 1 is 1.23 bits per heavy atom. The second-order valence-corrected chi connectivity index (χ2v) is 9.70. The molecule has 0 aliphatic carbocycles. The third-order valence-electron chi connectivity index (χ3n) is 4.74. The minimum Gasteiger partial charge on any atom is -0.493 e. The molecular formula is C19H30N2O4S. The molecule has 1 aliphatic heterocycles. The summed E-state index contributed by atoms with van der Waals surface area (Å²) in [4.78, 5) is 12.6. The van der Waals surface area contributed by atoms with Gasteiger partial charge in [0, 0.05) is 12.8 Å². The number of carbonyl (C=O) groups is 1. The van der Waals surface area contributed by atoms with Crippen molar-refractivity contribution in [3.8, 4) is 5.75 Å². The Kier molecular flexibility index (Phi) is 7.06. The molecule has 0 unspecified atom stereocenters. The second-order valence-electron chi connectivity index (χ2n) is 7.37. The number of benzene rings is 1. The summed E-state index contributed by atoms with van der Waals surface area (Å²) in [5.74, 6) is 0.928. The van der Waals surface area contributed by atoms with Gasteiger partial charge in [-0.2, -0.15) is 0 Å². The normalized spacial score (nSPS) is 17.1. The van der Waals surface area contributed by atoms with Gasteiger partial charge in [0.2, 0.25) is 5.91 Å². The number of carbonyl (C=O) groups excluding carboxylic acids is 1. The van der Waals surface area contributed by atoms with Crippen molar-refractivity contribution in [2.24, 2.45) is 5.92 Å². The number of hydrogen-bond acceptors (Lipinski definition) is 5. The van der Waals surface area contributed by atoms with Crippen LogP contribution in [-0.2, 0) is 21.1 Å². The average molecular weight is 383 g/mol. The summed E-state index contributed by atoms with van der Waals surface area (Å²) in [6, 6.07) is 7.78. The zero-order chi connectivity index (χ0) is 19.2. The van der Waals surface area contributed by atoms with E-state index in [-0.39, 0.29) is 5.91 Å². The third kappa shape index (κ3) is 5.20. The molecule has 1 heterocycles. The lowest BCUT2D eigenvalue weighted by molar-refractivity contribution is -0.124. The van der Waals surface area contributed by atoms with E-state index in [9.17, 15) is 13.2 Å². The molecule has 1 fully saturated rings. The van der Waals surface area contributed by atoms with E-state index in [1.54, 1.807) is 0 Å². The summed E-state index contributed by atoms with van der Waals surface area (Å²) in [5, 5.41) is 5.94. The lowest BCUT2D eigenvalue weighted by Gasteiger charge is -2.34. The van der Waals surface area contributed by atoms with Gasteiger partial charge in [-0.3, -0.25) is 4.79 Å². The maximum Gasteiger partial charge on any atom is 0.241 e. The number of hydrogen-bond donors (Lipinski definition) is 2. The fourth-order valence-corrected chi connectivity index (χ4v) is 4.45. The third-order valence-corrected chi connectivity index (χ3v) is 6.75. The highest BCUT2D eigenvalue weighted by Gasteiger charge is 2.48. The first kappa shape index (κ1) is 20.7. The Bertz CT molecular complexity index is 693. The van der Waals surface area contributed by atoms with Gasteiger partial charge in [-0.15, -0.1) is 0 Å². The van der Waals surface area contributed by atoms with Crippen LogP contribution >= 0.6 is 0 Å². The molecule has 26 heavy (non-hydrogen) atoms. The van der Waals surface area contributed by atoms with Crippen LogP contribution in [0.3, 0.4) is 0 Å². The number of piperidine rings is 1. The van der Waals surface area contributed by atoms with Crippen LogP contribution in [0.5, 0.6) is 5.75 Å². The first-order chi connectivity index (χ1) is 12.2. The van der Waals surface area contributed by atoms with Crippen LogP contribution in [0.15, 0.2) is 24.3 Å². The molecule has 0 spiro atoms. The lowest BCUT2D eigenvalue weighted by Crippen LogP contribution is -2.57. The highest BCUT2D eigenvalue weighted by molar-refractivity contribution is 7.92. The quantitative estimate of drug-likeness (QED) is 0.713. The zero-order valence-corrected chi connectivity index (χ0v) is 16.7. The molecule has 146 valence electrons. The van der Waals surface area contributed by atoms with Gasteiger partial charge in [0.1, 0.15) is 5.75 Å². The summed E-state index contributed by atoms with van der Waals surface area (Å²) >= 11 is 0. The Morgan fingerprint density at radius 2 is 1.85 bits per heavy atom. The van der Waals surface area contributed by atoms with Gasteiger partial charge >= 0.3 is 0 Å². The van der Waals surface area contributed by atoms with Gasteiger partial charge in [0.25, 0.3) is 0 Å². The standard InChI is InChI=1S/C19H30N2O4S/c1-15(2)14-25-17-6-4-16(5-7-17)8-11-21-18(22)19(26(3,23)24)9-12-20-13-10-19/h4-7,15,20H,8-14H2,1-3H3,(H,21,22). The van der Waals surface area contributed by atoms with Gasteiger partial charge in [-0.05, 0) is 56.0 Å². The maximum atomic E-state index is 12.6. The minimum atomic E-state index is -3.47. The van der Waals surface area contributed by atoms with Crippen LogP contribution in [0.1, 0.15) is 32.3 Å². The van der Waals surface area contributed by atoms with E-state index in [4.69, 9.17) is 4.74 Å². The average Bonchev–Trinajstić information content (AvgIpc) is 2.60. The lowest BCUT2D eigenvalue weighted by atomic mass is 9.95. The van der Waals surface area contributed by atoms with E-state index in [1.807, 2.05) is 24.3 Å². The van der Waals surface area contributed by atoms with Crippen LogP contribution in [0.4, 0.5) is 0 Å². The smallest absolute Gasteiger partial charge is 0.241 e. The van der Waals surface area contributed by atoms with Crippen molar-refractivity contribution in [1.29, 1.82) is 0 Å². The molecule has 2 N–H and O–H groups in total. The van der Waals surface area contributed by atoms with Gasteiger partial charge in [-0.25, -0.2) is 8.42 Å². The minimum absolute atomic E-state index is 0.319. The van der Waals surface area contributed by atoms with Gasteiger partial charge in [0.05, 0.1) is 6.61 Å². The molecule has 1 aromatic carbocycles. The Morgan fingerprint density at radius 3 is 2.38 bits per heavy atom. The zero-order valence-electron chi connectivity index (χ0n) is 15.9. The van der Waals surface area contributed by atoms with Crippen LogP contribution in [0.25, 0.3) is 0 Å². The second kappa shape index (κ2) is 8.86. The van der Waals surface area contributed by atoms with Crippen LogP contribution < -0.4 is 15.4 Å². The van der Waals surface area contributed by atoms with Gasteiger partial charge in [0.15, 0.2) is 14.6 Å². The molecule has 0 aromatic heterocycles. The van der Waals surface area contributed by atoms with Crippen LogP contribution in [0, 0.1) is 5.92 Å². The van der Waals surface area contributed by atoms with E-state index < -0.39 is 14.6 Å². The van der Waals surface area contributed by atoms with E-state index >= 15 is 0 Å². The highest BCUT2D eigenvalue weighted by Crippen LogP contribution is 2.28. The Labute approximate surface area is 156 Å². The predicted molar refractivity (Wildman–Crippen MR) is 103 cm³/mol. The Balaban J connectivity index is 1.89. The van der Waals surface area contributed by atoms with Crippen molar-refractivity contribution >= 4 is 15.7 Å².